The first-order valence-corrected chi connectivity index (χ1v) is 2.78. The van der Waals surface area contributed by atoms with Gasteiger partial charge in [0.15, 0.2) is 0 Å². The molecular weight excluding hydrogens is 119 g/mol. The van der Waals surface area contributed by atoms with Crippen LogP contribution in [0.4, 0.5) is 0 Å². The molecule has 0 N–H and O–H groups in total. The zero-order valence-electron chi connectivity index (χ0n) is 3.67. The van der Waals surface area contributed by atoms with Gasteiger partial charge in [-0.3, -0.25) is 0 Å². The van der Waals surface area contributed by atoms with Crippen LogP contribution in [0.2, 0.25) is 0 Å². The van der Waals surface area contributed by atoms with Crippen LogP contribution in [0, 0.1) is 5.38 Å². The third kappa shape index (κ3) is 2.80. The zero-order chi connectivity index (χ0) is 4.99. The SMILES string of the molecule is CC[C](Cl)CCl. The van der Waals surface area contributed by atoms with Gasteiger partial charge in [-0.15, -0.1) is 23.2 Å². The molecule has 1 radical (unpaired) electrons. The molecule has 0 unspecified atom stereocenters. The van der Waals surface area contributed by atoms with Gasteiger partial charge in [-0.25, -0.2) is 0 Å². The normalized spacial score (nSPS) is 10.0. The number of rotatable bonds is 2. The molecular formula is C4H7Cl2. The lowest BCUT2D eigenvalue weighted by Gasteiger charge is -1.92. The van der Waals surface area contributed by atoms with Crippen molar-refractivity contribution in [2.24, 2.45) is 0 Å². The molecule has 0 aliphatic rings. The summed E-state index contributed by atoms with van der Waals surface area (Å²) in [6.07, 6.45) is 0.880. The molecule has 0 aromatic carbocycles. The van der Waals surface area contributed by atoms with Gasteiger partial charge in [0.05, 0.1) is 5.38 Å². The van der Waals surface area contributed by atoms with E-state index in [2.05, 4.69) is 0 Å². The Kier molecular flexibility index (Phi) is 4.12. The quantitative estimate of drug-likeness (QED) is 0.498. The highest BCUT2D eigenvalue weighted by atomic mass is 35.5. The molecule has 0 nitrogen and oxygen atoms in total. The Morgan fingerprint density at radius 3 is 2.17 bits per heavy atom. The molecule has 0 atom stereocenters. The summed E-state index contributed by atoms with van der Waals surface area (Å²) in [5.74, 6) is 0.484. The van der Waals surface area contributed by atoms with E-state index in [0.717, 1.165) is 11.8 Å². The molecule has 0 bridgehead atoms. The van der Waals surface area contributed by atoms with Crippen molar-refractivity contribution in [3.8, 4) is 0 Å². The molecule has 6 heavy (non-hydrogen) atoms. The molecule has 0 aliphatic carbocycles. The van der Waals surface area contributed by atoms with Gasteiger partial charge in [0.25, 0.3) is 0 Å². The van der Waals surface area contributed by atoms with Crippen molar-refractivity contribution < 1.29 is 0 Å². The van der Waals surface area contributed by atoms with E-state index in [9.17, 15) is 0 Å². The highest BCUT2D eigenvalue weighted by Crippen LogP contribution is 2.11. The lowest BCUT2D eigenvalue weighted by molar-refractivity contribution is 1.05. The fraction of sp³-hybridized carbons (Fsp3) is 0.750. The van der Waals surface area contributed by atoms with Crippen molar-refractivity contribution in [1.29, 1.82) is 0 Å². The van der Waals surface area contributed by atoms with Crippen LogP contribution in [0.1, 0.15) is 13.3 Å². The molecule has 0 aromatic heterocycles. The summed E-state index contributed by atoms with van der Waals surface area (Å²) in [5, 5.41) is 0.830. The molecule has 0 saturated carbocycles. The molecule has 0 fully saturated rings. The van der Waals surface area contributed by atoms with E-state index in [1.54, 1.807) is 0 Å². The van der Waals surface area contributed by atoms with Gasteiger partial charge in [0.1, 0.15) is 0 Å². The van der Waals surface area contributed by atoms with Gasteiger partial charge in [-0.2, -0.15) is 0 Å². The average molecular weight is 126 g/mol. The van der Waals surface area contributed by atoms with Crippen LogP contribution >= 0.6 is 23.2 Å². The number of hydrogen-bond donors (Lipinski definition) is 0. The van der Waals surface area contributed by atoms with E-state index in [-0.39, 0.29) is 0 Å². The van der Waals surface area contributed by atoms with Crippen molar-refractivity contribution >= 4 is 23.2 Å². The third-order valence-electron chi connectivity index (χ3n) is 0.529. The fourth-order valence-electron chi connectivity index (χ4n) is 0.0945. The number of alkyl halides is 1. The maximum atomic E-state index is 5.43. The maximum Gasteiger partial charge on any atom is 0.0781 e. The van der Waals surface area contributed by atoms with Crippen molar-refractivity contribution in [3.05, 3.63) is 5.38 Å². The van der Waals surface area contributed by atoms with Gasteiger partial charge in [0, 0.05) is 5.88 Å². The highest BCUT2D eigenvalue weighted by Gasteiger charge is 1.95. The van der Waals surface area contributed by atoms with Crippen LogP contribution in [0.15, 0.2) is 0 Å². The van der Waals surface area contributed by atoms with Gasteiger partial charge >= 0.3 is 0 Å². The van der Waals surface area contributed by atoms with Crippen LogP contribution in [-0.4, -0.2) is 5.88 Å². The van der Waals surface area contributed by atoms with Gasteiger partial charge in [0.2, 0.25) is 0 Å². The highest BCUT2D eigenvalue weighted by molar-refractivity contribution is 6.33. The second-order valence-corrected chi connectivity index (χ2v) is 1.81. The number of halogens is 2. The first-order chi connectivity index (χ1) is 2.81. The molecule has 0 spiro atoms. The fourth-order valence-corrected chi connectivity index (χ4v) is 0.283. The molecule has 0 heterocycles. The van der Waals surface area contributed by atoms with E-state index >= 15 is 0 Å². The Labute approximate surface area is 48.4 Å². The summed E-state index contributed by atoms with van der Waals surface area (Å²) in [5.41, 5.74) is 0. The van der Waals surface area contributed by atoms with Crippen molar-refractivity contribution in [1.82, 2.24) is 0 Å². The minimum absolute atomic E-state index is 0.484. The molecule has 2 heteroatoms. The first-order valence-electron chi connectivity index (χ1n) is 1.87. The smallest absolute Gasteiger partial charge is 0.0781 e. The molecule has 0 amide bonds. The summed E-state index contributed by atoms with van der Waals surface area (Å²) < 4.78 is 0. The number of hydrogen-bond acceptors (Lipinski definition) is 0. The van der Waals surface area contributed by atoms with Crippen LogP contribution in [0.5, 0.6) is 0 Å². The van der Waals surface area contributed by atoms with Gasteiger partial charge in [-0.05, 0) is 6.42 Å². The monoisotopic (exact) mass is 125 g/mol. The summed E-state index contributed by atoms with van der Waals surface area (Å²) in [7, 11) is 0. The Hall–Kier alpha value is 0.580. The van der Waals surface area contributed by atoms with Crippen LogP contribution < -0.4 is 0 Å². The second-order valence-electron chi connectivity index (χ2n) is 1.00. The Balaban J connectivity index is 2.75. The summed E-state index contributed by atoms with van der Waals surface area (Å²) in [6, 6.07) is 0. The standard InChI is InChI=1S/C4H7Cl2/c1-2-4(6)3-5/h2-3H2,1H3. The van der Waals surface area contributed by atoms with E-state index in [1.165, 1.54) is 0 Å². The summed E-state index contributed by atoms with van der Waals surface area (Å²) in [6.45, 7) is 1.98. The second kappa shape index (κ2) is 3.76. The van der Waals surface area contributed by atoms with Gasteiger partial charge in [-0.1, -0.05) is 6.92 Å². The van der Waals surface area contributed by atoms with Crippen LogP contribution in [0.25, 0.3) is 0 Å². The average Bonchev–Trinajstić information content (AvgIpc) is 1.65. The van der Waals surface area contributed by atoms with Crippen LogP contribution in [-0.2, 0) is 0 Å². The van der Waals surface area contributed by atoms with Crippen molar-refractivity contribution in [3.63, 3.8) is 0 Å². The molecule has 0 rings (SSSR count). The lowest BCUT2D eigenvalue weighted by Crippen LogP contribution is -1.82. The predicted molar refractivity (Wildman–Crippen MR) is 30.1 cm³/mol. The minimum atomic E-state index is 0.484. The first kappa shape index (κ1) is 6.58. The Morgan fingerprint density at radius 1 is 1.67 bits per heavy atom. The minimum Gasteiger partial charge on any atom is -0.125 e. The Morgan fingerprint density at radius 2 is 2.17 bits per heavy atom. The lowest BCUT2D eigenvalue weighted by atomic mass is 10.4. The van der Waals surface area contributed by atoms with E-state index < -0.39 is 0 Å². The van der Waals surface area contributed by atoms with E-state index in [4.69, 9.17) is 23.2 Å². The molecule has 0 aromatic rings. The molecule has 0 aliphatic heterocycles. The summed E-state index contributed by atoms with van der Waals surface area (Å²) in [4.78, 5) is 0. The van der Waals surface area contributed by atoms with E-state index in [0.29, 0.717) is 5.88 Å². The van der Waals surface area contributed by atoms with E-state index in [1.807, 2.05) is 6.92 Å². The predicted octanol–water partition coefficient (Wildman–Crippen LogP) is 2.41. The topological polar surface area (TPSA) is 0 Å². The Bertz CT molecular complexity index is 24.7. The third-order valence-corrected chi connectivity index (χ3v) is 1.39. The summed E-state index contributed by atoms with van der Waals surface area (Å²) >= 11 is 10.7. The van der Waals surface area contributed by atoms with Crippen LogP contribution in [0.3, 0.4) is 0 Å². The van der Waals surface area contributed by atoms with Gasteiger partial charge < -0.3 is 0 Å². The largest absolute Gasteiger partial charge is 0.125 e. The maximum absolute atomic E-state index is 5.43. The van der Waals surface area contributed by atoms with Crippen molar-refractivity contribution in [2.45, 2.75) is 13.3 Å². The zero-order valence-corrected chi connectivity index (χ0v) is 5.18. The van der Waals surface area contributed by atoms with Crippen molar-refractivity contribution in [2.75, 3.05) is 5.88 Å². The molecule has 0 saturated heterocycles. The molecule has 37 valence electrons.